The Morgan fingerprint density at radius 3 is 2.38 bits per heavy atom. The van der Waals surface area contributed by atoms with E-state index in [1.807, 2.05) is 14.0 Å². The van der Waals surface area contributed by atoms with Crippen LogP contribution in [0, 0.1) is 5.92 Å². The van der Waals surface area contributed by atoms with E-state index >= 15 is 0 Å². The molecule has 0 radical (unpaired) electrons. The molecule has 0 aliphatic heterocycles. The van der Waals surface area contributed by atoms with E-state index in [1.165, 1.54) is 0 Å². The summed E-state index contributed by atoms with van der Waals surface area (Å²) in [5, 5.41) is 3.32. The van der Waals surface area contributed by atoms with Gasteiger partial charge in [0, 0.05) is 5.54 Å². The third-order valence-electron chi connectivity index (χ3n) is 3.43. The fourth-order valence-corrected chi connectivity index (χ4v) is 2.01. The first-order valence-corrected chi connectivity index (χ1v) is 6.38. The monoisotopic (exact) mass is 229 g/mol. The van der Waals surface area contributed by atoms with Crippen molar-refractivity contribution < 1.29 is 9.53 Å². The Labute approximate surface area is 99.9 Å². The van der Waals surface area contributed by atoms with Gasteiger partial charge in [-0.1, -0.05) is 27.2 Å². The smallest absolute Gasteiger partial charge is 0.307 e. The van der Waals surface area contributed by atoms with Crippen LogP contribution in [-0.4, -0.2) is 25.2 Å². The summed E-state index contributed by atoms with van der Waals surface area (Å²) >= 11 is 0. The number of carbonyl (C=O) groups excluding carboxylic acids is 1. The summed E-state index contributed by atoms with van der Waals surface area (Å²) in [4.78, 5) is 11.6. The maximum Gasteiger partial charge on any atom is 0.307 e. The second kappa shape index (κ2) is 7.66. The van der Waals surface area contributed by atoms with Crippen molar-refractivity contribution >= 4 is 5.97 Å². The molecule has 0 saturated carbocycles. The van der Waals surface area contributed by atoms with Gasteiger partial charge in [0.25, 0.3) is 0 Å². The zero-order valence-corrected chi connectivity index (χ0v) is 11.4. The lowest BCUT2D eigenvalue weighted by Crippen LogP contribution is -2.45. The van der Waals surface area contributed by atoms with E-state index in [0.717, 1.165) is 19.3 Å². The van der Waals surface area contributed by atoms with Crippen molar-refractivity contribution in [1.29, 1.82) is 0 Å². The van der Waals surface area contributed by atoms with Crippen molar-refractivity contribution in [3.63, 3.8) is 0 Å². The molecular weight excluding hydrogens is 202 g/mol. The second-order valence-electron chi connectivity index (χ2n) is 4.58. The van der Waals surface area contributed by atoms with Crippen molar-refractivity contribution in [3.8, 4) is 0 Å². The highest BCUT2D eigenvalue weighted by molar-refractivity contribution is 5.70. The summed E-state index contributed by atoms with van der Waals surface area (Å²) in [7, 11) is 1.94. The molecular formula is C13H27NO2. The molecule has 0 aromatic carbocycles. The third-order valence-corrected chi connectivity index (χ3v) is 3.43. The van der Waals surface area contributed by atoms with Gasteiger partial charge in [-0.2, -0.15) is 0 Å². The highest BCUT2D eigenvalue weighted by Gasteiger charge is 2.31. The summed E-state index contributed by atoms with van der Waals surface area (Å²) in [5.41, 5.74) is -0.0956. The Kier molecular flexibility index (Phi) is 7.39. The van der Waals surface area contributed by atoms with Crippen molar-refractivity contribution in [2.24, 2.45) is 5.92 Å². The summed E-state index contributed by atoms with van der Waals surface area (Å²) in [6, 6.07) is 0. The minimum Gasteiger partial charge on any atom is -0.466 e. The highest BCUT2D eigenvalue weighted by Crippen LogP contribution is 2.26. The first-order valence-electron chi connectivity index (χ1n) is 6.38. The SMILES string of the molecule is CCOC(=O)CC(CC)(CC(C)CC)NC. The first kappa shape index (κ1) is 15.4. The number of carbonyl (C=O) groups is 1. The van der Waals surface area contributed by atoms with Crippen LogP contribution in [0.4, 0.5) is 0 Å². The van der Waals surface area contributed by atoms with E-state index in [4.69, 9.17) is 4.74 Å². The van der Waals surface area contributed by atoms with E-state index in [0.29, 0.717) is 18.9 Å². The molecule has 0 spiro atoms. The number of hydrogen-bond acceptors (Lipinski definition) is 3. The van der Waals surface area contributed by atoms with Gasteiger partial charge in [0.05, 0.1) is 13.0 Å². The van der Waals surface area contributed by atoms with Crippen LogP contribution in [0.3, 0.4) is 0 Å². The maximum absolute atomic E-state index is 11.6. The molecule has 0 heterocycles. The minimum atomic E-state index is -0.0956. The van der Waals surface area contributed by atoms with Crippen molar-refractivity contribution in [3.05, 3.63) is 0 Å². The number of esters is 1. The normalized spacial score (nSPS) is 16.6. The topological polar surface area (TPSA) is 38.3 Å². The molecule has 2 unspecified atom stereocenters. The van der Waals surface area contributed by atoms with Gasteiger partial charge in [-0.25, -0.2) is 0 Å². The Bertz CT molecular complexity index is 200. The zero-order chi connectivity index (χ0) is 12.6. The molecule has 0 bridgehead atoms. The Morgan fingerprint density at radius 2 is 2.00 bits per heavy atom. The van der Waals surface area contributed by atoms with Crippen molar-refractivity contribution in [2.45, 2.75) is 58.9 Å². The minimum absolute atomic E-state index is 0.0954. The first-order chi connectivity index (χ1) is 7.53. The Morgan fingerprint density at radius 1 is 1.38 bits per heavy atom. The van der Waals surface area contributed by atoms with Gasteiger partial charge in [0.1, 0.15) is 0 Å². The molecule has 0 rings (SSSR count). The standard InChI is InChI=1S/C13H27NO2/c1-6-11(4)9-13(7-2,14-5)10-12(15)16-8-3/h11,14H,6-10H2,1-5H3. The molecule has 1 N–H and O–H groups in total. The summed E-state index contributed by atoms with van der Waals surface area (Å²) in [6.07, 6.45) is 3.59. The number of nitrogens with one attached hydrogen (secondary N) is 1. The van der Waals surface area contributed by atoms with Crippen LogP contribution >= 0.6 is 0 Å². The van der Waals surface area contributed by atoms with Gasteiger partial charge < -0.3 is 10.1 Å². The summed E-state index contributed by atoms with van der Waals surface area (Å²) in [5.74, 6) is 0.531. The Balaban J connectivity index is 4.48. The molecule has 0 fully saturated rings. The van der Waals surface area contributed by atoms with Gasteiger partial charge in [0.2, 0.25) is 0 Å². The van der Waals surface area contributed by atoms with E-state index in [-0.39, 0.29) is 11.5 Å². The molecule has 3 nitrogen and oxygen atoms in total. The molecule has 0 saturated heterocycles. The average Bonchev–Trinajstić information content (AvgIpc) is 2.28. The van der Waals surface area contributed by atoms with E-state index in [2.05, 4.69) is 26.1 Å². The van der Waals surface area contributed by atoms with Crippen LogP contribution in [0.1, 0.15) is 53.4 Å². The quantitative estimate of drug-likeness (QED) is 0.650. The fourth-order valence-electron chi connectivity index (χ4n) is 2.01. The van der Waals surface area contributed by atoms with Gasteiger partial charge in [-0.15, -0.1) is 0 Å². The van der Waals surface area contributed by atoms with E-state index in [9.17, 15) is 4.79 Å². The fraction of sp³-hybridized carbons (Fsp3) is 0.923. The molecule has 2 atom stereocenters. The van der Waals surface area contributed by atoms with Crippen molar-refractivity contribution in [1.82, 2.24) is 5.32 Å². The van der Waals surface area contributed by atoms with E-state index in [1.54, 1.807) is 0 Å². The average molecular weight is 229 g/mol. The molecule has 0 amide bonds. The van der Waals surface area contributed by atoms with Gasteiger partial charge in [-0.3, -0.25) is 4.79 Å². The lowest BCUT2D eigenvalue weighted by Gasteiger charge is -2.34. The predicted octanol–water partition coefficient (Wildman–Crippen LogP) is 2.74. The summed E-state index contributed by atoms with van der Waals surface area (Å²) < 4.78 is 5.04. The molecule has 96 valence electrons. The molecule has 16 heavy (non-hydrogen) atoms. The molecule has 0 aliphatic rings. The maximum atomic E-state index is 11.6. The molecule has 3 heteroatoms. The number of ether oxygens (including phenoxy) is 1. The van der Waals surface area contributed by atoms with Gasteiger partial charge >= 0.3 is 5.97 Å². The van der Waals surface area contributed by atoms with Gasteiger partial charge in [0.15, 0.2) is 0 Å². The highest BCUT2D eigenvalue weighted by atomic mass is 16.5. The summed E-state index contributed by atoms with van der Waals surface area (Å²) in [6.45, 7) is 8.85. The van der Waals surface area contributed by atoms with Crippen LogP contribution in [0.25, 0.3) is 0 Å². The third kappa shape index (κ3) is 4.97. The van der Waals surface area contributed by atoms with Crippen LogP contribution < -0.4 is 5.32 Å². The lowest BCUT2D eigenvalue weighted by atomic mass is 9.82. The molecule has 0 aliphatic carbocycles. The van der Waals surface area contributed by atoms with Crippen LogP contribution in [0.15, 0.2) is 0 Å². The van der Waals surface area contributed by atoms with Crippen LogP contribution in [-0.2, 0) is 9.53 Å². The van der Waals surface area contributed by atoms with Crippen LogP contribution in [0.2, 0.25) is 0 Å². The number of rotatable bonds is 8. The molecule has 0 aromatic rings. The van der Waals surface area contributed by atoms with Gasteiger partial charge in [-0.05, 0) is 32.7 Å². The van der Waals surface area contributed by atoms with E-state index < -0.39 is 0 Å². The predicted molar refractivity (Wildman–Crippen MR) is 67.4 cm³/mol. The van der Waals surface area contributed by atoms with Crippen LogP contribution in [0.5, 0.6) is 0 Å². The van der Waals surface area contributed by atoms with Crippen molar-refractivity contribution in [2.75, 3.05) is 13.7 Å². The Hall–Kier alpha value is -0.570. The second-order valence-corrected chi connectivity index (χ2v) is 4.58. The lowest BCUT2D eigenvalue weighted by molar-refractivity contribution is -0.145. The molecule has 0 aromatic heterocycles. The number of hydrogen-bond donors (Lipinski definition) is 1. The zero-order valence-electron chi connectivity index (χ0n) is 11.4. The largest absolute Gasteiger partial charge is 0.466 e.